The highest BCUT2D eigenvalue weighted by Gasteiger charge is 2.41. The summed E-state index contributed by atoms with van der Waals surface area (Å²) in [6.07, 6.45) is 4.65. The van der Waals surface area contributed by atoms with Gasteiger partial charge < -0.3 is 0 Å². The number of hydrogen-bond donors (Lipinski definition) is 0. The van der Waals surface area contributed by atoms with Gasteiger partial charge in [-0.05, 0) is 35.4 Å². The van der Waals surface area contributed by atoms with Crippen LogP contribution in [0.25, 0.3) is 0 Å². The molecule has 4 aromatic carbocycles. The second-order valence-corrected chi connectivity index (χ2v) is 11.4. The van der Waals surface area contributed by atoms with E-state index in [0.717, 1.165) is 12.8 Å². The predicted molar refractivity (Wildman–Crippen MR) is 129 cm³/mol. The van der Waals surface area contributed by atoms with Gasteiger partial charge >= 0.3 is 0 Å². The smallest absolute Gasteiger partial charge is 0.0622 e. The molecular weight excluding hydrogens is 367 g/mol. The van der Waals surface area contributed by atoms with Crippen molar-refractivity contribution in [3.63, 3.8) is 0 Å². The molecule has 0 bridgehead atoms. The van der Waals surface area contributed by atoms with Crippen LogP contribution in [-0.4, -0.2) is 12.3 Å². The summed E-state index contributed by atoms with van der Waals surface area (Å²) in [5.74, 6) is 0. The maximum atomic E-state index is 2.36. The quantitative estimate of drug-likeness (QED) is 0.314. The SMILES string of the molecule is c1ccc(CC[P+](CCc2ccccc2)(c2ccccc2)c2ccccc2)cc1. The molecule has 1 heteroatoms. The Hall–Kier alpha value is -2.69. The van der Waals surface area contributed by atoms with Crippen molar-refractivity contribution in [1.29, 1.82) is 0 Å². The van der Waals surface area contributed by atoms with Crippen molar-refractivity contribution in [2.45, 2.75) is 12.8 Å². The van der Waals surface area contributed by atoms with E-state index in [1.165, 1.54) is 34.1 Å². The highest BCUT2D eigenvalue weighted by molar-refractivity contribution is 7.89. The lowest BCUT2D eigenvalue weighted by atomic mass is 10.2. The highest BCUT2D eigenvalue weighted by atomic mass is 31.2. The first-order valence-electron chi connectivity index (χ1n) is 10.4. The molecule has 0 aliphatic heterocycles. The van der Waals surface area contributed by atoms with Gasteiger partial charge in [0, 0.05) is 12.8 Å². The summed E-state index contributed by atoms with van der Waals surface area (Å²) in [4.78, 5) is 0. The molecule has 0 N–H and O–H groups in total. The first kappa shape index (κ1) is 19.6. The lowest BCUT2D eigenvalue weighted by Gasteiger charge is -2.28. The van der Waals surface area contributed by atoms with E-state index in [0.29, 0.717) is 0 Å². The minimum atomic E-state index is -1.53. The molecule has 29 heavy (non-hydrogen) atoms. The Balaban J connectivity index is 1.73. The standard InChI is InChI=1S/C28H28P/c1-5-13-25(14-6-1)21-23-29(27-17-9-3-10-18-27,28-19-11-4-12-20-28)24-22-26-15-7-2-8-16-26/h1-20H,21-24H2/q+1. The largest absolute Gasteiger partial charge is 0.0992 e. The molecule has 0 saturated heterocycles. The monoisotopic (exact) mass is 395 g/mol. The molecule has 0 heterocycles. The molecule has 4 rings (SSSR count). The van der Waals surface area contributed by atoms with Crippen LogP contribution in [0.1, 0.15) is 11.1 Å². The van der Waals surface area contributed by atoms with Crippen molar-refractivity contribution < 1.29 is 0 Å². The van der Waals surface area contributed by atoms with Crippen LogP contribution in [0, 0.1) is 0 Å². The first-order chi connectivity index (χ1) is 14.4. The zero-order valence-corrected chi connectivity index (χ0v) is 17.7. The summed E-state index contributed by atoms with van der Waals surface area (Å²) in [7, 11) is -1.53. The van der Waals surface area contributed by atoms with Gasteiger partial charge in [-0.3, -0.25) is 0 Å². The molecule has 0 aromatic heterocycles. The van der Waals surface area contributed by atoms with Crippen LogP contribution >= 0.6 is 7.26 Å². The van der Waals surface area contributed by atoms with Gasteiger partial charge in [0.05, 0.1) is 30.2 Å². The highest BCUT2D eigenvalue weighted by Crippen LogP contribution is 2.57. The van der Waals surface area contributed by atoms with Crippen LogP contribution < -0.4 is 10.6 Å². The molecule has 0 atom stereocenters. The van der Waals surface area contributed by atoms with E-state index < -0.39 is 7.26 Å². The van der Waals surface area contributed by atoms with Gasteiger partial charge in [-0.1, -0.05) is 97.1 Å². The molecule has 0 fully saturated rings. The van der Waals surface area contributed by atoms with Crippen LogP contribution in [0.15, 0.2) is 121 Å². The Morgan fingerprint density at radius 1 is 0.379 bits per heavy atom. The zero-order valence-electron chi connectivity index (χ0n) is 16.8. The lowest BCUT2D eigenvalue weighted by molar-refractivity contribution is 1.10. The van der Waals surface area contributed by atoms with E-state index in [-0.39, 0.29) is 0 Å². The van der Waals surface area contributed by atoms with Crippen molar-refractivity contribution in [2.24, 2.45) is 0 Å². The van der Waals surface area contributed by atoms with E-state index in [9.17, 15) is 0 Å². The normalized spacial score (nSPS) is 11.3. The summed E-state index contributed by atoms with van der Waals surface area (Å²) < 4.78 is 0. The van der Waals surface area contributed by atoms with Crippen molar-refractivity contribution in [3.8, 4) is 0 Å². The third-order valence-electron chi connectivity index (χ3n) is 5.75. The van der Waals surface area contributed by atoms with Crippen LogP contribution in [0.5, 0.6) is 0 Å². The zero-order chi connectivity index (χ0) is 19.8. The van der Waals surface area contributed by atoms with Crippen molar-refractivity contribution in [3.05, 3.63) is 132 Å². The molecule has 0 aliphatic carbocycles. The maximum absolute atomic E-state index is 2.36. The molecule has 0 nitrogen and oxygen atoms in total. The fourth-order valence-corrected chi connectivity index (χ4v) is 8.45. The van der Waals surface area contributed by atoms with E-state index in [1.807, 2.05) is 0 Å². The lowest BCUT2D eigenvalue weighted by Crippen LogP contribution is -2.29. The Bertz CT molecular complexity index is 894. The van der Waals surface area contributed by atoms with Crippen molar-refractivity contribution in [1.82, 2.24) is 0 Å². The summed E-state index contributed by atoms with van der Waals surface area (Å²) in [6, 6.07) is 44.4. The second kappa shape index (κ2) is 9.68. The van der Waals surface area contributed by atoms with Gasteiger partial charge in [-0.2, -0.15) is 0 Å². The Morgan fingerprint density at radius 2 is 0.690 bits per heavy atom. The van der Waals surface area contributed by atoms with Gasteiger partial charge in [0.15, 0.2) is 0 Å². The molecule has 0 amide bonds. The third kappa shape index (κ3) is 4.84. The topological polar surface area (TPSA) is 0 Å². The Morgan fingerprint density at radius 3 is 1.03 bits per heavy atom. The molecule has 0 aliphatic rings. The summed E-state index contributed by atoms with van der Waals surface area (Å²) in [5.41, 5.74) is 2.87. The average molecular weight is 396 g/mol. The first-order valence-corrected chi connectivity index (χ1v) is 12.6. The van der Waals surface area contributed by atoms with Gasteiger partial charge in [-0.15, -0.1) is 0 Å². The van der Waals surface area contributed by atoms with E-state index >= 15 is 0 Å². The van der Waals surface area contributed by atoms with Crippen LogP contribution in [0.3, 0.4) is 0 Å². The second-order valence-electron chi connectivity index (χ2n) is 7.56. The van der Waals surface area contributed by atoms with Gasteiger partial charge in [0.1, 0.15) is 0 Å². The minimum Gasteiger partial charge on any atom is -0.0622 e. The van der Waals surface area contributed by atoms with E-state index in [1.54, 1.807) is 0 Å². The van der Waals surface area contributed by atoms with E-state index in [4.69, 9.17) is 0 Å². The number of benzene rings is 4. The molecule has 0 radical (unpaired) electrons. The molecular formula is C28H28P+. The number of rotatable bonds is 8. The van der Waals surface area contributed by atoms with Crippen molar-refractivity contribution >= 4 is 17.9 Å². The maximum Gasteiger partial charge on any atom is 0.0992 e. The molecule has 0 unspecified atom stereocenters. The number of aryl methyl sites for hydroxylation is 2. The van der Waals surface area contributed by atoms with Gasteiger partial charge in [-0.25, -0.2) is 0 Å². The predicted octanol–water partition coefficient (Wildman–Crippen LogP) is 6.14. The molecule has 4 aromatic rings. The van der Waals surface area contributed by atoms with E-state index in [2.05, 4.69) is 121 Å². The third-order valence-corrected chi connectivity index (χ3v) is 10.3. The van der Waals surface area contributed by atoms with Gasteiger partial charge in [0.25, 0.3) is 0 Å². The average Bonchev–Trinajstić information content (AvgIpc) is 2.82. The fourth-order valence-electron chi connectivity index (χ4n) is 4.13. The molecule has 0 spiro atoms. The van der Waals surface area contributed by atoms with Gasteiger partial charge in [0.2, 0.25) is 0 Å². The molecule has 144 valence electrons. The Kier molecular flexibility index (Phi) is 6.55. The summed E-state index contributed by atoms with van der Waals surface area (Å²) in [6.45, 7) is 0. The van der Waals surface area contributed by atoms with Crippen LogP contribution in [0.2, 0.25) is 0 Å². The number of hydrogen-bond acceptors (Lipinski definition) is 0. The summed E-state index contributed by atoms with van der Waals surface area (Å²) >= 11 is 0. The van der Waals surface area contributed by atoms with Crippen LogP contribution in [-0.2, 0) is 12.8 Å². The van der Waals surface area contributed by atoms with Crippen molar-refractivity contribution in [2.75, 3.05) is 12.3 Å². The Labute approximate surface area is 175 Å². The summed E-state index contributed by atoms with van der Waals surface area (Å²) in [5, 5.41) is 3.05. The minimum absolute atomic E-state index is 1.12. The fraction of sp³-hybridized carbons (Fsp3) is 0.143. The molecule has 0 saturated carbocycles. The van der Waals surface area contributed by atoms with Crippen LogP contribution in [0.4, 0.5) is 0 Å².